The van der Waals surface area contributed by atoms with Crippen LogP contribution in [0.3, 0.4) is 0 Å². The Kier molecular flexibility index (Phi) is 2.13. The van der Waals surface area contributed by atoms with Gasteiger partial charge in [0.25, 0.3) is 0 Å². The highest BCUT2D eigenvalue weighted by atomic mass is 19.1. The molecule has 4 heteroatoms. The van der Waals surface area contributed by atoms with Crippen LogP contribution in [0.15, 0.2) is 33.9 Å². The number of benzene rings is 1. The minimum Gasteiger partial charge on any atom is -0.464 e. The van der Waals surface area contributed by atoms with E-state index in [0.29, 0.717) is 11.1 Å². The van der Waals surface area contributed by atoms with Gasteiger partial charge in [-0.1, -0.05) is 0 Å². The minimum atomic E-state index is -0.425. The van der Waals surface area contributed by atoms with Gasteiger partial charge in [0.05, 0.1) is 12.8 Å². The van der Waals surface area contributed by atoms with Crippen LogP contribution in [0.1, 0.15) is 5.56 Å². The van der Waals surface area contributed by atoms with Gasteiger partial charge >= 0.3 is 0 Å². The van der Waals surface area contributed by atoms with Crippen LogP contribution in [-0.2, 0) is 11.3 Å². The second-order valence-electron chi connectivity index (χ2n) is 2.81. The highest BCUT2D eigenvalue weighted by Crippen LogP contribution is 2.20. The van der Waals surface area contributed by atoms with Gasteiger partial charge in [-0.25, -0.2) is 14.2 Å². The van der Waals surface area contributed by atoms with E-state index in [1.807, 2.05) is 0 Å². The fourth-order valence-corrected chi connectivity index (χ4v) is 1.27. The second kappa shape index (κ2) is 3.44. The summed E-state index contributed by atoms with van der Waals surface area (Å²) in [6.45, 7) is 0.0104. The molecule has 0 N–H and O–H groups in total. The van der Waals surface area contributed by atoms with E-state index in [4.69, 9.17) is 4.42 Å². The molecule has 0 radical (unpaired) electrons. The summed E-state index contributed by atoms with van der Waals surface area (Å²) in [6, 6.07) is 4.61. The van der Waals surface area contributed by atoms with Crippen molar-refractivity contribution in [2.75, 3.05) is 0 Å². The Labute approximate surface area is 78.9 Å². The standard InChI is InChI=1S/C10H6FNO2/c11-9-4-10-7(1-2-14-10)3-8(9)5-12-6-13/h1-4H,5H2. The molecule has 2 aromatic rings. The van der Waals surface area contributed by atoms with Crippen molar-refractivity contribution in [2.24, 2.45) is 4.99 Å². The molecule has 1 heterocycles. The van der Waals surface area contributed by atoms with Crippen molar-refractivity contribution in [3.8, 4) is 0 Å². The number of furan rings is 1. The highest BCUT2D eigenvalue weighted by Gasteiger charge is 2.05. The fraction of sp³-hybridized carbons (Fsp3) is 0.100. The number of nitrogens with zero attached hydrogens (tertiary/aromatic N) is 1. The Bertz CT molecular complexity index is 512. The van der Waals surface area contributed by atoms with E-state index in [2.05, 4.69) is 4.99 Å². The molecule has 0 spiro atoms. The second-order valence-corrected chi connectivity index (χ2v) is 2.81. The zero-order valence-electron chi connectivity index (χ0n) is 7.16. The van der Waals surface area contributed by atoms with Crippen LogP contribution >= 0.6 is 0 Å². The first-order valence-corrected chi connectivity index (χ1v) is 4.00. The third-order valence-electron chi connectivity index (χ3n) is 1.94. The lowest BCUT2D eigenvalue weighted by Gasteiger charge is -1.97. The number of isocyanates is 1. The zero-order valence-corrected chi connectivity index (χ0v) is 7.16. The van der Waals surface area contributed by atoms with Crippen LogP contribution < -0.4 is 0 Å². The van der Waals surface area contributed by atoms with E-state index in [9.17, 15) is 9.18 Å². The summed E-state index contributed by atoms with van der Waals surface area (Å²) >= 11 is 0. The van der Waals surface area contributed by atoms with Crippen molar-refractivity contribution in [3.05, 3.63) is 35.8 Å². The number of hydrogen-bond donors (Lipinski definition) is 0. The zero-order chi connectivity index (χ0) is 9.97. The highest BCUT2D eigenvalue weighted by molar-refractivity contribution is 5.77. The number of fused-ring (bicyclic) bond motifs is 1. The van der Waals surface area contributed by atoms with Gasteiger partial charge < -0.3 is 4.42 Å². The summed E-state index contributed by atoms with van der Waals surface area (Å²) in [5, 5.41) is 0.794. The number of carbonyl (C=O) groups excluding carboxylic acids is 1. The summed E-state index contributed by atoms with van der Waals surface area (Å²) in [7, 11) is 0. The molecule has 1 aromatic heterocycles. The smallest absolute Gasteiger partial charge is 0.235 e. The molecule has 0 bridgehead atoms. The number of hydrogen-bond acceptors (Lipinski definition) is 3. The summed E-state index contributed by atoms with van der Waals surface area (Å²) in [4.78, 5) is 13.2. The first-order valence-electron chi connectivity index (χ1n) is 4.00. The Morgan fingerprint density at radius 2 is 2.36 bits per heavy atom. The van der Waals surface area contributed by atoms with E-state index >= 15 is 0 Å². The topological polar surface area (TPSA) is 42.6 Å². The Morgan fingerprint density at radius 1 is 1.50 bits per heavy atom. The summed E-state index contributed by atoms with van der Waals surface area (Å²) < 4.78 is 18.3. The molecule has 70 valence electrons. The van der Waals surface area contributed by atoms with Gasteiger partial charge in [0.1, 0.15) is 11.4 Å². The van der Waals surface area contributed by atoms with Crippen LogP contribution in [0.2, 0.25) is 0 Å². The van der Waals surface area contributed by atoms with Crippen molar-refractivity contribution in [2.45, 2.75) is 6.54 Å². The monoisotopic (exact) mass is 191 g/mol. The molecular weight excluding hydrogens is 185 g/mol. The van der Waals surface area contributed by atoms with Gasteiger partial charge in [-0.15, -0.1) is 0 Å². The first-order chi connectivity index (χ1) is 6.81. The van der Waals surface area contributed by atoms with E-state index in [0.717, 1.165) is 5.39 Å². The van der Waals surface area contributed by atoms with Crippen molar-refractivity contribution >= 4 is 17.0 Å². The molecule has 0 unspecified atom stereocenters. The normalized spacial score (nSPS) is 10.1. The lowest BCUT2D eigenvalue weighted by molar-refractivity contribution is 0.561. The van der Waals surface area contributed by atoms with Gasteiger partial charge in [0, 0.05) is 17.0 Å². The van der Waals surface area contributed by atoms with Gasteiger partial charge in [-0.3, -0.25) is 0 Å². The van der Waals surface area contributed by atoms with E-state index in [-0.39, 0.29) is 6.54 Å². The molecule has 0 atom stereocenters. The Hall–Kier alpha value is -1.93. The van der Waals surface area contributed by atoms with Crippen LogP contribution in [0.4, 0.5) is 4.39 Å². The average Bonchev–Trinajstić information content (AvgIpc) is 2.61. The van der Waals surface area contributed by atoms with Gasteiger partial charge in [0.15, 0.2) is 0 Å². The fourth-order valence-electron chi connectivity index (χ4n) is 1.27. The van der Waals surface area contributed by atoms with Crippen molar-refractivity contribution in [3.63, 3.8) is 0 Å². The third kappa shape index (κ3) is 1.43. The molecule has 0 aliphatic rings. The number of halogens is 1. The number of aliphatic imine (C=N–C) groups is 1. The quantitative estimate of drug-likeness (QED) is 0.540. The minimum absolute atomic E-state index is 0.0104. The summed E-state index contributed by atoms with van der Waals surface area (Å²) in [5.41, 5.74) is 0.851. The molecule has 3 nitrogen and oxygen atoms in total. The molecule has 0 aliphatic carbocycles. The van der Waals surface area contributed by atoms with E-state index < -0.39 is 5.82 Å². The van der Waals surface area contributed by atoms with Crippen LogP contribution in [-0.4, -0.2) is 6.08 Å². The summed E-state index contributed by atoms with van der Waals surface area (Å²) in [6.07, 6.45) is 2.85. The van der Waals surface area contributed by atoms with Gasteiger partial charge in [-0.05, 0) is 12.1 Å². The Balaban J connectivity index is 2.52. The lowest BCUT2D eigenvalue weighted by Crippen LogP contribution is -1.87. The molecule has 2 rings (SSSR count). The third-order valence-corrected chi connectivity index (χ3v) is 1.94. The van der Waals surface area contributed by atoms with E-state index in [1.165, 1.54) is 18.4 Å². The maximum atomic E-state index is 13.3. The van der Waals surface area contributed by atoms with Gasteiger partial charge in [0.2, 0.25) is 6.08 Å². The maximum absolute atomic E-state index is 13.3. The van der Waals surface area contributed by atoms with Crippen molar-refractivity contribution in [1.29, 1.82) is 0 Å². The lowest BCUT2D eigenvalue weighted by atomic mass is 10.1. The van der Waals surface area contributed by atoms with Crippen LogP contribution in [0.5, 0.6) is 0 Å². The van der Waals surface area contributed by atoms with Crippen molar-refractivity contribution < 1.29 is 13.6 Å². The first kappa shape index (κ1) is 8.66. The molecular formula is C10H6FNO2. The molecule has 1 aromatic carbocycles. The predicted octanol–water partition coefficient (Wildman–Crippen LogP) is 2.41. The maximum Gasteiger partial charge on any atom is 0.235 e. The average molecular weight is 191 g/mol. The largest absolute Gasteiger partial charge is 0.464 e. The Morgan fingerprint density at radius 3 is 3.14 bits per heavy atom. The molecule has 0 amide bonds. The molecule has 0 fully saturated rings. The molecule has 0 aliphatic heterocycles. The van der Waals surface area contributed by atoms with Crippen LogP contribution in [0, 0.1) is 5.82 Å². The van der Waals surface area contributed by atoms with E-state index in [1.54, 1.807) is 12.1 Å². The SMILES string of the molecule is O=C=NCc1cc2ccoc2cc1F. The summed E-state index contributed by atoms with van der Waals surface area (Å²) in [5.74, 6) is -0.425. The van der Waals surface area contributed by atoms with Gasteiger partial charge in [-0.2, -0.15) is 0 Å². The molecule has 14 heavy (non-hydrogen) atoms. The number of rotatable bonds is 2. The van der Waals surface area contributed by atoms with Crippen molar-refractivity contribution in [1.82, 2.24) is 0 Å². The molecule has 0 saturated carbocycles. The molecule has 0 saturated heterocycles. The predicted molar refractivity (Wildman–Crippen MR) is 48.0 cm³/mol. The van der Waals surface area contributed by atoms with Crippen LogP contribution in [0.25, 0.3) is 11.0 Å².